The van der Waals surface area contributed by atoms with Crippen molar-refractivity contribution in [2.45, 2.75) is 46.0 Å². The molecule has 1 aromatic heterocycles. The van der Waals surface area contributed by atoms with Gasteiger partial charge in [-0.15, -0.1) is 0 Å². The molecular weight excluding hydrogens is 188 g/mol. The van der Waals surface area contributed by atoms with Crippen molar-refractivity contribution in [2.24, 2.45) is 5.92 Å². The van der Waals surface area contributed by atoms with Crippen molar-refractivity contribution in [3.8, 4) is 0 Å². The van der Waals surface area contributed by atoms with E-state index in [0.717, 1.165) is 35.8 Å². The number of H-pyrrole nitrogens is 1. The molecule has 0 radical (unpaired) electrons. The van der Waals surface area contributed by atoms with E-state index in [9.17, 15) is 4.79 Å². The quantitative estimate of drug-likeness (QED) is 0.766. The second-order valence-corrected chi connectivity index (χ2v) is 4.78. The summed E-state index contributed by atoms with van der Waals surface area (Å²) in [6, 6.07) is 0. The lowest BCUT2D eigenvalue weighted by Crippen LogP contribution is -2.17. The molecule has 1 heterocycles. The third-order valence-corrected chi connectivity index (χ3v) is 3.49. The average Bonchev–Trinajstić information content (AvgIpc) is 2.60. The van der Waals surface area contributed by atoms with Crippen LogP contribution in [0.4, 0.5) is 0 Å². The molecule has 1 fully saturated rings. The van der Waals surface area contributed by atoms with E-state index in [1.807, 2.05) is 13.8 Å². The van der Waals surface area contributed by atoms with Crippen molar-refractivity contribution in [2.75, 3.05) is 0 Å². The first-order valence-electron chi connectivity index (χ1n) is 5.65. The fourth-order valence-electron chi connectivity index (χ4n) is 2.32. The minimum Gasteiger partial charge on any atom is -0.310 e. The molecule has 15 heavy (non-hydrogen) atoms. The van der Waals surface area contributed by atoms with E-state index in [2.05, 4.69) is 16.9 Å². The summed E-state index contributed by atoms with van der Waals surface area (Å²) in [5.74, 6) is 2.13. The van der Waals surface area contributed by atoms with Crippen LogP contribution in [0.2, 0.25) is 0 Å². The Hall–Kier alpha value is -1.12. The molecule has 0 spiro atoms. The molecule has 82 valence electrons. The maximum absolute atomic E-state index is 11.6. The van der Waals surface area contributed by atoms with E-state index in [4.69, 9.17) is 0 Å². The highest BCUT2D eigenvalue weighted by molar-refractivity contribution is 5.16. The Morgan fingerprint density at radius 2 is 2.07 bits per heavy atom. The van der Waals surface area contributed by atoms with Gasteiger partial charge in [-0.3, -0.25) is 4.79 Å². The lowest BCUT2D eigenvalue weighted by molar-refractivity contribution is 0.583. The molecule has 2 atom stereocenters. The molecule has 0 aromatic carbocycles. The second-order valence-electron chi connectivity index (χ2n) is 4.78. The topological polar surface area (TPSA) is 45.8 Å². The molecule has 0 bridgehead atoms. The van der Waals surface area contributed by atoms with Crippen molar-refractivity contribution < 1.29 is 0 Å². The Morgan fingerprint density at radius 3 is 2.60 bits per heavy atom. The number of nitrogens with zero attached hydrogens (tertiary/aromatic N) is 1. The molecule has 0 amide bonds. The van der Waals surface area contributed by atoms with Gasteiger partial charge in [0.2, 0.25) is 0 Å². The Kier molecular flexibility index (Phi) is 2.63. The Morgan fingerprint density at radius 1 is 1.33 bits per heavy atom. The molecule has 1 saturated carbocycles. The van der Waals surface area contributed by atoms with Crippen LogP contribution in [0.15, 0.2) is 4.79 Å². The van der Waals surface area contributed by atoms with E-state index in [1.54, 1.807) is 0 Å². The van der Waals surface area contributed by atoms with Crippen LogP contribution in [0.5, 0.6) is 0 Å². The number of hydrogen-bond donors (Lipinski definition) is 1. The van der Waals surface area contributed by atoms with Crippen LogP contribution < -0.4 is 5.56 Å². The second kappa shape index (κ2) is 3.80. The first kappa shape index (κ1) is 10.4. The summed E-state index contributed by atoms with van der Waals surface area (Å²) in [4.78, 5) is 19.0. The smallest absolute Gasteiger partial charge is 0.254 e. The Bertz CT molecular complexity index is 422. The molecule has 2 rings (SSSR count). The van der Waals surface area contributed by atoms with Gasteiger partial charge in [-0.2, -0.15) is 0 Å². The van der Waals surface area contributed by atoms with Gasteiger partial charge >= 0.3 is 0 Å². The molecule has 1 aliphatic carbocycles. The number of aromatic amines is 1. The van der Waals surface area contributed by atoms with Gasteiger partial charge in [-0.25, -0.2) is 4.98 Å². The van der Waals surface area contributed by atoms with E-state index >= 15 is 0 Å². The van der Waals surface area contributed by atoms with Crippen LogP contribution in [0.3, 0.4) is 0 Å². The van der Waals surface area contributed by atoms with Crippen LogP contribution in [0.1, 0.15) is 49.2 Å². The molecular formula is C12H18N2O. The highest BCUT2D eigenvalue weighted by Gasteiger charge is 2.24. The van der Waals surface area contributed by atoms with Gasteiger partial charge in [-0.05, 0) is 39.0 Å². The van der Waals surface area contributed by atoms with Crippen molar-refractivity contribution in [3.05, 3.63) is 27.4 Å². The monoisotopic (exact) mass is 206 g/mol. The van der Waals surface area contributed by atoms with Gasteiger partial charge < -0.3 is 4.98 Å². The number of aryl methyl sites for hydroxylation is 1. The van der Waals surface area contributed by atoms with E-state index < -0.39 is 0 Å². The first-order valence-corrected chi connectivity index (χ1v) is 5.65. The van der Waals surface area contributed by atoms with Crippen molar-refractivity contribution in [1.82, 2.24) is 9.97 Å². The summed E-state index contributed by atoms with van der Waals surface area (Å²) < 4.78 is 0. The van der Waals surface area contributed by atoms with E-state index in [-0.39, 0.29) is 5.56 Å². The SMILES string of the molecule is Cc1nc(C2CCC(C)C2)[nH]c(=O)c1C. The average molecular weight is 206 g/mol. The van der Waals surface area contributed by atoms with E-state index in [1.165, 1.54) is 6.42 Å². The van der Waals surface area contributed by atoms with Gasteiger partial charge in [0, 0.05) is 17.2 Å². The molecule has 3 heteroatoms. The standard InChI is InChI=1S/C12H18N2O/c1-7-4-5-10(6-7)11-13-9(3)8(2)12(15)14-11/h7,10H,4-6H2,1-3H3,(H,13,14,15). The molecule has 2 unspecified atom stereocenters. The number of rotatable bonds is 1. The van der Waals surface area contributed by atoms with Crippen LogP contribution in [0, 0.1) is 19.8 Å². The van der Waals surface area contributed by atoms with Gasteiger partial charge in [0.15, 0.2) is 0 Å². The third-order valence-electron chi connectivity index (χ3n) is 3.49. The van der Waals surface area contributed by atoms with Crippen LogP contribution >= 0.6 is 0 Å². The lowest BCUT2D eigenvalue weighted by atomic mass is 10.1. The maximum atomic E-state index is 11.6. The van der Waals surface area contributed by atoms with Crippen LogP contribution in [-0.4, -0.2) is 9.97 Å². The fraction of sp³-hybridized carbons (Fsp3) is 0.667. The zero-order valence-corrected chi connectivity index (χ0v) is 9.63. The Balaban J connectivity index is 2.34. The molecule has 1 aliphatic rings. The molecule has 0 aliphatic heterocycles. The summed E-state index contributed by atoms with van der Waals surface area (Å²) in [6.45, 7) is 5.99. The molecule has 0 saturated heterocycles. The highest BCUT2D eigenvalue weighted by Crippen LogP contribution is 2.35. The summed E-state index contributed by atoms with van der Waals surface area (Å²) in [5.41, 5.74) is 1.63. The van der Waals surface area contributed by atoms with Gasteiger partial charge in [0.25, 0.3) is 5.56 Å². The summed E-state index contributed by atoms with van der Waals surface area (Å²) in [7, 11) is 0. The fourth-order valence-corrected chi connectivity index (χ4v) is 2.32. The minimum absolute atomic E-state index is 0.0250. The minimum atomic E-state index is 0.0250. The van der Waals surface area contributed by atoms with Gasteiger partial charge in [0.05, 0.1) is 0 Å². The van der Waals surface area contributed by atoms with Crippen LogP contribution in [0.25, 0.3) is 0 Å². The normalized spacial score (nSPS) is 25.8. The summed E-state index contributed by atoms with van der Waals surface area (Å²) >= 11 is 0. The zero-order chi connectivity index (χ0) is 11.0. The third kappa shape index (κ3) is 1.96. The zero-order valence-electron chi connectivity index (χ0n) is 9.63. The predicted molar refractivity (Wildman–Crippen MR) is 60.1 cm³/mol. The Labute approximate surface area is 89.9 Å². The van der Waals surface area contributed by atoms with E-state index in [0.29, 0.717) is 5.92 Å². The maximum Gasteiger partial charge on any atom is 0.254 e. The number of hydrogen-bond acceptors (Lipinski definition) is 2. The number of aromatic nitrogens is 2. The summed E-state index contributed by atoms with van der Waals surface area (Å²) in [5, 5.41) is 0. The number of nitrogens with one attached hydrogen (secondary N) is 1. The first-order chi connectivity index (χ1) is 7.08. The van der Waals surface area contributed by atoms with Gasteiger partial charge in [-0.1, -0.05) is 6.92 Å². The largest absolute Gasteiger partial charge is 0.310 e. The lowest BCUT2D eigenvalue weighted by Gasteiger charge is -2.10. The predicted octanol–water partition coefficient (Wildman–Crippen LogP) is 2.29. The summed E-state index contributed by atoms with van der Waals surface area (Å²) in [6.07, 6.45) is 3.57. The van der Waals surface area contributed by atoms with Crippen LogP contribution in [-0.2, 0) is 0 Å². The van der Waals surface area contributed by atoms with Crippen molar-refractivity contribution in [3.63, 3.8) is 0 Å². The molecule has 1 aromatic rings. The highest BCUT2D eigenvalue weighted by atomic mass is 16.1. The molecule has 3 nitrogen and oxygen atoms in total. The van der Waals surface area contributed by atoms with Crippen molar-refractivity contribution in [1.29, 1.82) is 0 Å². The molecule has 1 N–H and O–H groups in total. The van der Waals surface area contributed by atoms with Crippen molar-refractivity contribution >= 4 is 0 Å². The van der Waals surface area contributed by atoms with Gasteiger partial charge in [0.1, 0.15) is 5.82 Å².